The van der Waals surface area contributed by atoms with E-state index in [9.17, 15) is 13.2 Å². The average molecular weight is 346 g/mol. The molecule has 6 nitrogen and oxygen atoms in total. The zero-order valence-corrected chi connectivity index (χ0v) is 14.3. The molecule has 0 fully saturated rings. The van der Waals surface area contributed by atoms with Crippen molar-refractivity contribution < 1.29 is 17.6 Å². The number of rotatable bonds is 6. The van der Waals surface area contributed by atoms with Gasteiger partial charge in [0.25, 0.3) is 0 Å². The maximum Gasteiger partial charge on any atom is 0.235 e. The standard InChI is InChI=1S/C17H18N2O4S/c1-12-3-8-16(23-12)13(2)19-17(20)11-24(21,22)10-15-6-4-14(9-18)5-7-15/h3-8,13H,10-11H2,1-2H3,(H,19,20)/t13-/m0/s1. The number of carbonyl (C=O) groups excluding carboxylic acids is 1. The molecule has 0 saturated heterocycles. The zero-order valence-electron chi connectivity index (χ0n) is 13.4. The molecule has 0 unspecified atom stereocenters. The van der Waals surface area contributed by atoms with Gasteiger partial charge < -0.3 is 9.73 Å². The second-order valence-electron chi connectivity index (χ2n) is 5.58. The summed E-state index contributed by atoms with van der Waals surface area (Å²) in [5, 5.41) is 11.3. The van der Waals surface area contributed by atoms with Crippen molar-refractivity contribution in [3.05, 3.63) is 59.0 Å². The molecule has 0 aliphatic heterocycles. The van der Waals surface area contributed by atoms with Crippen molar-refractivity contribution in [3.63, 3.8) is 0 Å². The summed E-state index contributed by atoms with van der Waals surface area (Å²) in [7, 11) is -3.60. The number of hydrogen-bond donors (Lipinski definition) is 1. The van der Waals surface area contributed by atoms with Gasteiger partial charge in [-0.2, -0.15) is 5.26 Å². The third-order valence-corrected chi connectivity index (χ3v) is 4.86. The summed E-state index contributed by atoms with van der Waals surface area (Å²) in [6.45, 7) is 3.52. The Morgan fingerprint density at radius 1 is 1.25 bits per heavy atom. The Kier molecular flexibility index (Phi) is 5.42. The van der Waals surface area contributed by atoms with Crippen molar-refractivity contribution in [2.45, 2.75) is 25.6 Å². The van der Waals surface area contributed by atoms with E-state index in [1.165, 1.54) is 0 Å². The third kappa shape index (κ3) is 4.96. The van der Waals surface area contributed by atoms with Crippen LogP contribution in [0.1, 0.15) is 35.6 Å². The van der Waals surface area contributed by atoms with Crippen LogP contribution in [-0.2, 0) is 20.4 Å². The fraction of sp³-hybridized carbons (Fsp3) is 0.294. The number of furan rings is 1. The Morgan fingerprint density at radius 2 is 1.92 bits per heavy atom. The summed E-state index contributed by atoms with van der Waals surface area (Å²) in [4.78, 5) is 12.0. The fourth-order valence-corrected chi connectivity index (χ4v) is 3.51. The Bertz CT molecular complexity index is 861. The SMILES string of the molecule is Cc1ccc([C@H](C)NC(=O)CS(=O)(=O)Cc2ccc(C#N)cc2)o1. The van der Waals surface area contributed by atoms with Crippen LogP contribution in [0.15, 0.2) is 40.8 Å². The number of aryl methyl sites for hydroxylation is 1. The van der Waals surface area contributed by atoms with Crippen molar-refractivity contribution >= 4 is 15.7 Å². The third-order valence-electron chi connectivity index (χ3n) is 3.39. The molecular formula is C17H18N2O4S. The topological polar surface area (TPSA) is 100 Å². The maximum absolute atomic E-state index is 12.1. The smallest absolute Gasteiger partial charge is 0.235 e. The molecular weight excluding hydrogens is 328 g/mol. The second kappa shape index (κ2) is 7.32. The summed E-state index contributed by atoms with van der Waals surface area (Å²) in [5.41, 5.74) is 0.993. The molecule has 0 bridgehead atoms. The summed E-state index contributed by atoms with van der Waals surface area (Å²) < 4.78 is 29.7. The number of hydrogen-bond acceptors (Lipinski definition) is 5. The van der Waals surface area contributed by atoms with Crippen LogP contribution in [0.5, 0.6) is 0 Å². The normalized spacial score (nSPS) is 12.4. The van der Waals surface area contributed by atoms with Crippen molar-refractivity contribution in [1.82, 2.24) is 5.32 Å². The molecule has 7 heteroatoms. The zero-order chi connectivity index (χ0) is 17.7. The van der Waals surface area contributed by atoms with Crippen LogP contribution in [0, 0.1) is 18.3 Å². The number of carbonyl (C=O) groups is 1. The van der Waals surface area contributed by atoms with Gasteiger partial charge in [-0.3, -0.25) is 4.79 Å². The van der Waals surface area contributed by atoms with Gasteiger partial charge in [-0.15, -0.1) is 0 Å². The van der Waals surface area contributed by atoms with E-state index in [0.717, 1.165) is 5.76 Å². The van der Waals surface area contributed by atoms with Crippen LogP contribution in [0.2, 0.25) is 0 Å². The molecule has 126 valence electrons. The van der Waals surface area contributed by atoms with Crippen LogP contribution in [0.3, 0.4) is 0 Å². The van der Waals surface area contributed by atoms with Gasteiger partial charge in [-0.05, 0) is 43.7 Å². The lowest BCUT2D eigenvalue weighted by atomic mass is 10.2. The van der Waals surface area contributed by atoms with Crippen molar-refractivity contribution in [2.24, 2.45) is 0 Å². The van der Waals surface area contributed by atoms with Crippen molar-refractivity contribution in [1.29, 1.82) is 5.26 Å². The largest absolute Gasteiger partial charge is 0.464 e. The van der Waals surface area contributed by atoms with Crippen LogP contribution >= 0.6 is 0 Å². The van der Waals surface area contributed by atoms with Gasteiger partial charge in [-0.1, -0.05) is 12.1 Å². The van der Waals surface area contributed by atoms with Gasteiger partial charge in [-0.25, -0.2) is 8.42 Å². The molecule has 0 aliphatic carbocycles. The van der Waals surface area contributed by atoms with Gasteiger partial charge in [0.1, 0.15) is 17.3 Å². The molecule has 1 aromatic carbocycles. The van der Waals surface area contributed by atoms with Crippen LogP contribution in [-0.4, -0.2) is 20.1 Å². The van der Waals surface area contributed by atoms with Gasteiger partial charge in [0.05, 0.1) is 23.4 Å². The molecule has 0 saturated carbocycles. The molecule has 2 aromatic rings. The monoisotopic (exact) mass is 346 g/mol. The second-order valence-corrected chi connectivity index (χ2v) is 7.64. The Balaban J connectivity index is 1.95. The first kappa shape index (κ1) is 17.8. The van der Waals surface area contributed by atoms with E-state index < -0.39 is 27.5 Å². The first-order valence-corrected chi connectivity index (χ1v) is 9.16. The molecule has 2 rings (SSSR count). The van der Waals surface area contributed by atoms with Crippen molar-refractivity contribution in [2.75, 3.05) is 5.75 Å². The molecule has 1 heterocycles. The highest BCUT2D eigenvalue weighted by Gasteiger charge is 2.20. The lowest BCUT2D eigenvalue weighted by Crippen LogP contribution is -2.32. The average Bonchev–Trinajstić information content (AvgIpc) is 2.93. The highest BCUT2D eigenvalue weighted by Crippen LogP contribution is 2.15. The van der Waals surface area contributed by atoms with Crippen LogP contribution in [0.25, 0.3) is 0 Å². The highest BCUT2D eigenvalue weighted by molar-refractivity contribution is 7.91. The minimum Gasteiger partial charge on any atom is -0.464 e. The van der Waals surface area contributed by atoms with E-state index in [-0.39, 0.29) is 5.75 Å². The van der Waals surface area contributed by atoms with Crippen molar-refractivity contribution in [3.8, 4) is 6.07 Å². The van der Waals surface area contributed by atoms with Gasteiger partial charge in [0.15, 0.2) is 9.84 Å². The molecule has 0 radical (unpaired) electrons. The van der Waals surface area contributed by atoms with Crippen LogP contribution < -0.4 is 5.32 Å². The number of sulfone groups is 1. The lowest BCUT2D eigenvalue weighted by molar-refractivity contribution is -0.119. The molecule has 24 heavy (non-hydrogen) atoms. The van der Waals surface area contributed by atoms with E-state index in [1.54, 1.807) is 50.2 Å². The van der Waals surface area contributed by atoms with E-state index in [1.807, 2.05) is 6.07 Å². The number of nitrogens with zero attached hydrogens (tertiary/aromatic N) is 1. The summed E-state index contributed by atoms with van der Waals surface area (Å²) in [5.74, 6) is -0.132. The Labute approximate surface area is 141 Å². The van der Waals surface area contributed by atoms with Gasteiger partial charge in [0.2, 0.25) is 5.91 Å². The number of amides is 1. The highest BCUT2D eigenvalue weighted by atomic mass is 32.2. The van der Waals surface area contributed by atoms with E-state index in [4.69, 9.17) is 9.68 Å². The maximum atomic E-state index is 12.1. The quantitative estimate of drug-likeness (QED) is 0.864. The summed E-state index contributed by atoms with van der Waals surface area (Å²) in [6, 6.07) is 11.3. The van der Waals surface area contributed by atoms with E-state index in [2.05, 4.69) is 5.32 Å². The minimum atomic E-state index is -3.60. The van der Waals surface area contributed by atoms with Gasteiger partial charge >= 0.3 is 0 Å². The van der Waals surface area contributed by atoms with E-state index in [0.29, 0.717) is 16.9 Å². The van der Waals surface area contributed by atoms with Gasteiger partial charge in [0, 0.05) is 0 Å². The fourth-order valence-electron chi connectivity index (χ4n) is 2.22. The predicted octanol–water partition coefficient (Wildman–Crippen LogP) is 2.25. The van der Waals surface area contributed by atoms with Crippen LogP contribution in [0.4, 0.5) is 0 Å². The number of nitriles is 1. The molecule has 1 aromatic heterocycles. The first-order chi connectivity index (χ1) is 11.3. The molecule has 1 N–H and O–H groups in total. The Hall–Kier alpha value is -2.59. The van der Waals surface area contributed by atoms with E-state index >= 15 is 0 Å². The predicted molar refractivity (Wildman–Crippen MR) is 88.7 cm³/mol. The first-order valence-electron chi connectivity index (χ1n) is 7.34. The number of nitrogens with one attached hydrogen (secondary N) is 1. The number of benzene rings is 1. The summed E-state index contributed by atoms with van der Waals surface area (Å²) >= 11 is 0. The minimum absolute atomic E-state index is 0.250. The lowest BCUT2D eigenvalue weighted by Gasteiger charge is -2.12. The molecule has 1 atom stereocenters. The Morgan fingerprint density at radius 3 is 2.46 bits per heavy atom. The molecule has 0 aliphatic rings. The molecule has 0 spiro atoms. The molecule has 1 amide bonds. The summed E-state index contributed by atoms with van der Waals surface area (Å²) in [6.07, 6.45) is 0.